The van der Waals surface area contributed by atoms with E-state index in [4.69, 9.17) is 9.47 Å². The lowest BCUT2D eigenvalue weighted by molar-refractivity contribution is -0.170. The van der Waals surface area contributed by atoms with Crippen molar-refractivity contribution in [3.63, 3.8) is 0 Å². The van der Waals surface area contributed by atoms with Crippen LogP contribution in [0.4, 0.5) is 0 Å². The highest BCUT2D eigenvalue weighted by Gasteiger charge is 2.66. The molecular weight excluding hydrogens is 534 g/mol. The van der Waals surface area contributed by atoms with Gasteiger partial charge in [0.2, 0.25) is 11.7 Å². The Kier molecular flexibility index (Phi) is 8.66. The number of nitrogens with one attached hydrogen (secondary N) is 1. The molecule has 4 aliphatic rings. The molecule has 1 aromatic carbocycles. The lowest BCUT2D eigenvalue weighted by atomic mass is 9.46. The number of carbonyl (C=O) groups excluding carboxylic acids is 4. The minimum atomic E-state index is -1.53. The van der Waals surface area contributed by atoms with Crippen molar-refractivity contribution in [3.8, 4) is 5.75 Å². The summed E-state index contributed by atoms with van der Waals surface area (Å²) in [6.45, 7) is 4.34. The van der Waals surface area contributed by atoms with Crippen molar-refractivity contribution < 1.29 is 33.8 Å². The zero-order valence-corrected chi connectivity index (χ0v) is 25.2. The molecule has 3 saturated carbocycles. The number of benzene rings is 1. The van der Waals surface area contributed by atoms with Gasteiger partial charge >= 0.3 is 5.97 Å². The first kappa shape index (κ1) is 30.5. The molecule has 0 aliphatic heterocycles. The lowest BCUT2D eigenvalue weighted by Gasteiger charge is -2.58. The number of Topliss-reactive ketones (excluding diaryl/α,β-unsaturated/α-hetero) is 1. The quantitative estimate of drug-likeness (QED) is 0.392. The van der Waals surface area contributed by atoms with Crippen LogP contribution < -0.4 is 10.1 Å². The lowest BCUT2D eigenvalue weighted by Crippen LogP contribution is -2.58. The molecule has 0 unspecified atom stereocenters. The summed E-state index contributed by atoms with van der Waals surface area (Å²) in [6.07, 6.45) is 8.60. The van der Waals surface area contributed by atoms with Crippen LogP contribution in [-0.4, -0.2) is 54.4 Å². The van der Waals surface area contributed by atoms with Crippen molar-refractivity contribution in [1.82, 2.24) is 5.32 Å². The second-order valence-corrected chi connectivity index (χ2v) is 13.4. The van der Waals surface area contributed by atoms with Crippen molar-refractivity contribution in [1.29, 1.82) is 0 Å². The second kappa shape index (κ2) is 11.9. The molecule has 4 aliphatic carbocycles. The Morgan fingerprint density at radius 2 is 1.71 bits per heavy atom. The number of methoxy groups -OCH3 is 1. The van der Waals surface area contributed by atoms with Gasteiger partial charge < -0.3 is 19.9 Å². The Bertz CT molecular complexity index is 1250. The number of esters is 1. The number of aliphatic hydroxyl groups is 1. The van der Waals surface area contributed by atoms with E-state index in [1.165, 1.54) is 5.57 Å². The van der Waals surface area contributed by atoms with Crippen molar-refractivity contribution in [3.05, 3.63) is 41.5 Å². The van der Waals surface area contributed by atoms with Crippen molar-refractivity contribution in [2.75, 3.05) is 20.3 Å². The standard InChI is InChI=1S/C34H45NO7/c1-32-16-12-24(36)20-23(32)6-9-26-27(32)13-17-33(2)28(26)14-18-34(33,40)29(37)21-42-31(39)11-10-30(38)35-19-15-22-4-7-25(41-3)8-5-22/h4-5,7-8,20,26-28,40H,6,9-19,21H2,1-3H3,(H,35,38)/t26-,27-,28-,32+,33+,34+/m1/s1. The first-order valence-corrected chi connectivity index (χ1v) is 15.5. The van der Waals surface area contributed by atoms with Crippen LogP contribution in [0.25, 0.3) is 0 Å². The fourth-order valence-electron chi connectivity index (χ4n) is 8.81. The molecule has 0 aromatic heterocycles. The van der Waals surface area contributed by atoms with Crippen LogP contribution in [0.2, 0.25) is 0 Å². The third kappa shape index (κ3) is 5.54. The number of allylic oxidation sites excluding steroid dienone is 1. The Balaban J connectivity index is 1.09. The van der Waals surface area contributed by atoms with Crippen LogP contribution in [0.3, 0.4) is 0 Å². The van der Waals surface area contributed by atoms with Crippen LogP contribution in [0.5, 0.6) is 5.75 Å². The van der Waals surface area contributed by atoms with Crippen molar-refractivity contribution >= 4 is 23.4 Å². The molecule has 1 amide bonds. The number of fused-ring (bicyclic) bond motifs is 5. The summed E-state index contributed by atoms with van der Waals surface area (Å²) in [7, 11) is 1.61. The molecule has 8 nitrogen and oxygen atoms in total. The predicted octanol–water partition coefficient (Wildman–Crippen LogP) is 4.51. The SMILES string of the molecule is COc1ccc(CCNC(=O)CCC(=O)OCC(=O)[C@@]2(O)CC[C@@H]3[C@@H]4CCC5=CC(=O)CC[C@]5(C)[C@@H]4CC[C@@]32C)cc1. The van der Waals surface area contributed by atoms with Crippen molar-refractivity contribution in [2.24, 2.45) is 28.6 Å². The molecule has 0 spiro atoms. The summed E-state index contributed by atoms with van der Waals surface area (Å²) >= 11 is 0. The monoisotopic (exact) mass is 579 g/mol. The number of hydrogen-bond donors (Lipinski definition) is 2. The maximum Gasteiger partial charge on any atom is 0.306 e. The van der Waals surface area contributed by atoms with Crippen LogP contribution in [0.15, 0.2) is 35.9 Å². The van der Waals surface area contributed by atoms with Gasteiger partial charge in [-0.05, 0) is 98.3 Å². The average Bonchev–Trinajstić information content (AvgIpc) is 3.26. The van der Waals surface area contributed by atoms with Gasteiger partial charge in [-0.3, -0.25) is 19.2 Å². The number of ether oxygens (including phenoxy) is 2. The smallest absolute Gasteiger partial charge is 0.306 e. The fraction of sp³-hybridized carbons (Fsp3) is 0.647. The third-order valence-electron chi connectivity index (χ3n) is 11.4. The molecule has 3 fully saturated rings. The molecule has 0 bridgehead atoms. The molecule has 42 heavy (non-hydrogen) atoms. The van der Waals surface area contributed by atoms with Gasteiger partial charge in [-0.2, -0.15) is 0 Å². The van der Waals surface area contributed by atoms with Crippen LogP contribution in [0.1, 0.15) is 83.6 Å². The minimum absolute atomic E-state index is 0.0242. The molecular formula is C34H45NO7. The molecule has 228 valence electrons. The summed E-state index contributed by atoms with van der Waals surface area (Å²) in [6, 6.07) is 7.61. The highest BCUT2D eigenvalue weighted by molar-refractivity contribution is 5.92. The van der Waals surface area contributed by atoms with Crippen LogP contribution >= 0.6 is 0 Å². The second-order valence-electron chi connectivity index (χ2n) is 13.4. The van der Waals surface area contributed by atoms with E-state index in [0.29, 0.717) is 37.6 Å². The highest BCUT2D eigenvalue weighted by atomic mass is 16.5. The Labute approximate surface area is 248 Å². The molecule has 0 radical (unpaired) electrons. The van der Waals surface area contributed by atoms with Gasteiger partial charge in [-0.15, -0.1) is 0 Å². The molecule has 0 saturated heterocycles. The van der Waals surface area contributed by atoms with E-state index in [1.54, 1.807) is 7.11 Å². The van der Waals surface area contributed by atoms with Crippen LogP contribution in [0, 0.1) is 28.6 Å². The minimum Gasteiger partial charge on any atom is -0.497 e. The van der Waals surface area contributed by atoms with Crippen molar-refractivity contribution in [2.45, 2.75) is 90.1 Å². The number of carbonyl (C=O) groups is 4. The summed E-state index contributed by atoms with van der Waals surface area (Å²) in [4.78, 5) is 50.1. The molecule has 8 heteroatoms. The van der Waals surface area contributed by atoms with Gasteiger partial charge in [0.1, 0.15) is 11.4 Å². The predicted molar refractivity (Wildman–Crippen MR) is 157 cm³/mol. The number of amides is 1. The Morgan fingerprint density at radius 1 is 0.976 bits per heavy atom. The number of hydrogen-bond acceptors (Lipinski definition) is 7. The van der Waals surface area contributed by atoms with Gasteiger partial charge in [0.15, 0.2) is 12.4 Å². The molecule has 0 heterocycles. The van der Waals surface area contributed by atoms with Gasteiger partial charge in [0.05, 0.1) is 13.5 Å². The number of ketones is 2. The van der Waals surface area contributed by atoms with Gasteiger partial charge in [0, 0.05) is 24.8 Å². The van der Waals surface area contributed by atoms with Gasteiger partial charge in [0.25, 0.3) is 0 Å². The highest BCUT2D eigenvalue weighted by Crippen LogP contribution is 2.67. The maximum absolute atomic E-state index is 13.4. The maximum atomic E-state index is 13.4. The largest absolute Gasteiger partial charge is 0.497 e. The van der Waals surface area contributed by atoms with E-state index >= 15 is 0 Å². The molecule has 6 atom stereocenters. The fourth-order valence-corrected chi connectivity index (χ4v) is 8.81. The summed E-state index contributed by atoms with van der Waals surface area (Å²) < 4.78 is 10.4. The number of rotatable bonds is 10. The van der Waals surface area contributed by atoms with Crippen LogP contribution in [-0.2, 0) is 30.3 Å². The van der Waals surface area contributed by atoms with Gasteiger partial charge in [-0.25, -0.2) is 0 Å². The zero-order chi connectivity index (χ0) is 30.1. The third-order valence-corrected chi connectivity index (χ3v) is 11.4. The van der Waals surface area contributed by atoms with E-state index in [-0.39, 0.29) is 35.9 Å². The van der Waals surface area contributed by atoms with E-state index in [0.717, 1.165) is 49.8 Å². The van der Waals surface area contributed by atoms with E-state index < -0.39 is 29.4 Å². The van der Waals surface area contributed by atoms with Gasteiger partial charge in [-0.1, -0.05) is 31.6 Å². The van der Waals surface area contributed by atoms with E-state index in [9.17, 15) is 24.3 Å². The Hall–Kier alpha value is -3.00. The summed E-state index contributed by atoms with van der Waals surface area (Å²) in [5.41, 5.74) is 0.296. The molecule has 1 aromatic rings. The average molecular weight is 580 g/mol. The summed E-state index contributed by atoms with van der Waals surface area (Å²) in [5, 5.41) is 14.6. The normalized spacial score (nSPS) is 33.5. The van der Waals surface area contributed by atoms with E-state index in [1.807, 2.05) is 30.3 Å². The van der Waals surface area contributed by atoms with E-state index in [2.05, 4.69) is 19.2 Å². The molecule has 5 rings (SSSR count). The first-order chi connectivity index (χ1) is 20.0. The summed E-state index contributed by atoms with van der Waals surface area (Å²) in [5.74, 6) is 0.791. The first-order valence-electron chi connectivity index (χ1n) is 15.5. The Morgan fingerprint density at radius 3 is 2.45 bits per heavy atom. The molecule has 2 N–H and O–H groups in total. The zero-order valence-electron chi connectivity index (χ0n) is 25.2. The topological polar surface area (TPSA) is 119 Å².